The Labute approximate surface area is 170 Å². The summed E-state index contributed by atoms with van der Waals surface area (Å²) in [6, 6.07) is 13.0. The van der Waals surface area contributed by atoms with E-state index in [0.717, 1.165) is 11.3 Å². The zero-order valence-corrected chi connectivity index (χ0v) is 17.1. The summed E-state index contributed by atoms with van der Waals surface area (Å²) in [4.78, 5) is 16.9. The van der Waals surface area contributed by atoms with Crippen molar-refractivity contribution in [1.29, 1.82) is 0 Å². The van der Waals surface area contributed by atoms with Crippen LogP contribution < -0.4 is 15.8 Å². The number of benzene rings is 2. The van der Waals surface area contributed by atoms with Gasteiger partial charge in [0.25, 0.3) is 5.91 Å². The van der Waals surface area contributed by atoms with Gasteiger partial charge in [-0.1, -0.05) is 32.0 Å². The van der Waals surface area contributed by atoms with Crippen molar-refractivity contribution in [1.82, 2.24) is 14.8 Å². The third kappa shape index (κ3) is 4.26. The number of methoxy groups -OCH3 is 1. The first-order chi connectivity index (χ1) is 12.9. The highest BCUT2D eigenvalue weighted by Gasteiger charge is 2.18. The molecule has 8 heteroatoms. The van der Waals surface area contributed by atoms with Crippen molar-refractivity contribution in [2.45, 2.75) is 26.7 Å². The fourth-order valence-electron chi connectivity index (χ4n) is 2.88. The number of para-hydroxylation sites is 1. The summed E-state index contributed by atoms with van der Waals surface area (Å²) in [7, 11) is 1.54. The Balaban J connectivity index is 0.00000280. The van der Waals surface area contributed by atoms with Crippen LogP contribution in [0.5, 0.6) is 5.75 Å². The van der Waals surface area contributed by atoms with E-state index < -0.39 is 5.91 Å². The number of aromatic nitrogens is 3. The fourth-order valence-corrected chi connectivity index (χ4v) is 2.88. The number of nitrogens with one attached hydrogen (secondary N) is 1. The number of nitrogens with two attached hydrogens (primary N) is 1. The molecule has 1 amide bonds. The van der Waals surface area contributed by atoms with E-state index in [1.54, 1.807) is 22.9 Å². The van der Waals surface area contributed by atoms with E-state index in [0.29, 0.717) is 28.9 Å². The lowest BCUT2D eigenvalue weighted by molar-refractivity contribution is 0.101. The van der Waals surface area contributed by atoms with Crippen LogP contribution >= 0.6 is 12.4 Å². The van der Waals surface area contributed by atoms with Crippen LogP contribution in [0, 0.1) is 6.92 Å². The third-order valence-corrected chi connectivity index (χ3v) is 4.25. The highest BCUT2D eigenvalue weighted by Crippen LogP contribution is 2.25. The summed E-state index contributed by atoms with van der Waals surface area (Å²) in [6.07, 6.45) is 0. The van der Waals surface area contributed by atoms with Gasteiger partial charge in [0.15, 0.2) is 0 Å². The minimum absolute atomic E-state index is 0. The maximum absolute atomic E-state index is 12.6. The number of ether oxygens (including phenoxy) is 1. The smallest absolute Gasteiger partial charge is 0.295 e. The van der Waals surface area contributed by atoms with Gasteiger partial charge in [-0.25, -0.2) is 9.67 Å². The number of hydrogen-bond donors (Lipinski definition) is 2. The molecule has 3 aromatic rings. The van der Waals surface area contributed by atoms with Crippen LogP contribution in [-0.2, 0) is 0 Å². The molecule has 0 spiro atoms. The number of carbonyl (C=O) groups is 1. The Hall–Kier alpha value is -3.06. The van der Waals surface area contributed by atoms with E-state index in [4.69, 9.17) is 10.5 Å². The van der Waals surface area contributed by atoms with Gasteiger partial charge in [-0.3, -0.25) is 4.79 Å². The molecule has 7 nitrogen and oxygen atoms in total. The zero-order valence-electron chi connectivity index (χ0n) is 16.3. The van der Waals surface area contributed by atoms with Crippen LogP contribution in [0.25, 0.3) is 5.69 Å². The van der Waals surface area contributed by atoms with Crippen LogP contribution in [-0.4, -0.2) is 27.8 Å². The van der Waals surface area contributed by atoms with Crippen LogP contribution in [0.15, 0.2) is 42.5 Å². The summed E-state index contributed by atoms with van der Waals surface area (Å²) in [5.41, 5.74) is 8.94. The summed E-state index contributed by atoms with van der Waals surface area (Å²) < 4.78 is 6.82. The normalized spacial score (nSPS) is 10.5. The second-order valence-electron chi connectivity index (χ2n) is 6.52. The molecule has 0 aliphatic rings. The number of rotatable bonds is 5. The average Bonchev–Trinajstić information content (AvgIpc) is 3.03. The maximum atomic E-state index is 12.6. The highest BCUT2D eigenvalue weighted by molar-refractivity contribution is 6.01. The molecule has 0 atom stereocenters. The molecule has 3 N–H and O–H groups in total. The summed E-state index contributed by atoms with van der Waals surface area (Å²) in [6.45, 7) is 6.06. The molecular weight excluding hydrogens is 378 g/mol. The van der Waals surface area contributed by atoms with Gasteiger partial charge in [-0.15, -0.1) is 17.5 Å². The second kappa shape index (κ2) is 8.75. The second-order valence-corrected chi connectivity index (χ2v) is 6.52. The number of carbonyl (C=O) groups excluding carboxylic acids is 1. The van der Waals surface area contributed by atoms with Crippen molar-refractivity contribution >= 4 is 29.7 Å². The van der Waals surface area contributed by atoms with Crippen molar-refractivity contribution in [3.05, 3.63) is 59.7 Å². The summed E-state index contributed by atoms with van der Waals surface area (Å²) in [5.74, 6) is 1.22. The molecule has 148 valence electrons. The highest BCUT2D eigenvalue weighted by atomic mass is 35.5. The van der Waals surface area contributed by atoms with Crippen molar-refractivity contribution in [3.63, 3.8) is 0 Å². The molecule has 0 fully saturated rings. The predicted molar refractivity (Wildman–Crippen MR) is 113 cm³/mol. The molecule has 1 aromatic heterocycles. The van der Waals surface area contributed by atoms with Gasteiger partial charge < -0.3 is 15.8 Å². The van der Waals surface area contributed by atoms with Gasteiger partial charge >= 0.3 is 0 Å². The lowest BCUT2D eigenvalue weighted by atomic mass is 10.0. The van der Waals surface area contributed by atoms with E-state index in [1.165, 1.54) is 7.11 Å². The van der Waals surface area contributed by atoms with Crippen molar-refractivity contribution in [2.24, 2.45) is 0 Å². The first kappa shape index (κ1) is 21.2. The van der Waals surface area contributed by atoms with Gasteiger partial charge in [-0.2, -0.15) is 0 Å². The molecule has 2 aromatic carbocycles. The topological polar surface area (TPSA) is 95.1 Å². The standard InChI is InChI=1S/C20H23N5O2.ClH/c1-12(2)15-7-5-6-8-17(15)25-13(3)22-19(24-25)20(26)23-14-9-10-18(27-4)16(21)11-14;/h5-12H,21H2,1-4H3,(H,23,26);1H. The molecule has 0 saturated carbocycles. The minimum atomic E-state index is -0.400. The molecule has 0 bridgehead atoms. The predicted octanol–water partition coefficient (Wildman–Crippen LogP) is 3.96. The van der Waals surface area contributed by atoms with Crippen molar-refractivity contribution in [3.8, 4) is 11.4 Å². The minimum Gasteiger partial charge on any atom is -0.495 e. The van der Waals surface area contributed by atoms with E-state index in [-0.39, 0.29) is 18.2 Å². The third-order valence-electron chi connectivity index (χ3n) is 4.25. The molecule has 1 heterocycles. The van der Waals surface area contributed by atoms with Crippen LogP contribution in [0.4, 0.5) is 11.4 Å². The van der Waals surface area contributed by atoms with Crippen molar-refractivity contribution in [2.75, 3.05) is 18.2 Å². The van der Waals surface area contributed by atoms with Crippen LogP contribution in [0.1, 0.15) is 41.8 Å². The van der Waals surface area contributed by atoms with Gasteiger partial charge in [0.05, 0.1) is 18.5 Å². The number of hydrogen-bond acceptors (Lipinski definition) is 5. The Bertz CT molecular complexity index is 984. The Morgan fingerprint density at radius 1 is 1.21 bits per heavy atom. The lowest BCUT2D eigenvalue weighted by Gasteiger charge is -2.12. The van der Waals surface area contributed by atoms with E-state index >= 15 is 0 Å². The molecular formula is C20H24ClN5O2. The number of anilines is 2. The fraction of sp³-hybridized carbons (Fsp3) is 0.250. The average molecular weight is 402 g/mol. The van der Waals surface area contributed by atoms with Gasteiger partial charge in [0.1, 0.15) is 11.6 Å². The number of halogens is 1. The quantitative estimate of drug-likeness (QED) is 0.631. The molecule has 0 radical (unpaired) electrons. The van der Waals surface area contributed by atoms with E-state index in [1.807, 2.05) is 25.1 Å². The first-order valence-corrected chi connectivity index (χ1v) is 8.68. The maximum Gasteiger partial charge on any atom is 0.295 e. The molecule has 0 aliphatic carbocycles. The Morgan fingerprint density at radius 2 is 1.93 bits per heavy atom. The number of nitrogens with zero attached hydrogens (tertiary/aromatic N) is 3. The molecule has 0 aliphatic heterocycles. The van der Waals surface area contributed by atoms with Gasteiger partial charge in [0, 0.05) is 5.69 Å². The summed E-state index contributed by atoms with van der Waals surface area (Å²) >= 11 is 0. The SMILES string of the molecule is COc1ccc(NC(=O)c2nc(C)n(-c3ccccc3C(C)C)n2)cc1N.Cl. The molecule has 28 heavy (non-hydrogen) atoms. The van der Waals surface area contributed by atoms with Gasteiger partial charge in [0.2, 0.25) is 5.82 Å². The molecule has 0 saturated heterocycles. The zero-order chi connectivity index (χ0) is 19.6. The van der Waals surface area contributed by atoms with Crippen molar-refractivity contribution < 1.29 is 9.53 Å². The Morgan fingerprint density at radius 3 is 2.57 bits per heavy atom. The van der Waals surface area contributed by atoms with Gasteiger partial charge in [-0.05, 0) is 42.7 Å². The van der Waals surface area contributed by atoms with E-state index in [2.05, 4.69) is 35.3 Å². The van der Waals surface area contributed by atoms with Crippen LogP contribution in [0.2, 0.25) is 0 Å². The van der Waals surface area contributed by atoms with E-state index in [9.17, 15) is 4.79 Å². The number of aryl methyl sites for hydroxylation is 1. The molecule has 3 rings (SSSR count). The van der Waals surface area contributed by atoms with Crippen LogP contribution in [0.3, 0.4) is 0 Å². The molecule has 0 unspecified atom stereocenters. The first-order valence-electron chi connectivity index (χ1n) is 8.68. The monoisotopic (exact) mass is 401 g/mol. The number of nitrogen functional groups attached to an aromatic ring is 1. The summed E-state index contributed by atoms with van der Waals surface area (Å²) in [5, 5.41) is 7.18. The number of amides is 1. The largest absolute Gasteiger partial charge is 0.495 e. The lowest BCUT2D eigenvalue weighted by Crippen LogP contribution is -2.14. The Kier molecular flexibility index (Phi) is 6.64.